The normalized spacial score (nSPS) is 20.9. The molecule has 4 rings (SSSR count). The minimum absolute atomic E-state index is 0.0517. The maximum atomic E-state index is 12.9. The first-order chi connectivity index (χ1) is 14.1. The number of piperidine rings is 1. The molecule has 1 fully saturated rings. The van der Waals surface area contributed by atoms with Gasteiger partial charge in [0.2, 0.25) is 5.91 Å². The molecule has 1 aromatic heterocycles. The zero-order valence-corrected chi connectivity index (χ0v) is 17.8. The molecule has 0 spiro atoms. The van der Waals surface area contributed by atoms with Crippen molar-refractivity contribution in [1.82, 2.24) is 9.47 Å². The lowest BCUT2D eigenvalue weighted by atomic mass is 9.83. The number of hydrogen-bond donors (Lipinski definition) is 1. The van der Waals surface area contributed by atoms with Gasteiger partial charge in [-0.25, -0.2) is 0 Å². The van der Waals surface area contributed by atoms with Gasteiger partial charge in [0.05, 0.1) is 5.75 Å². The van der Waals surface area contributed by atoms with Gasteiger partial charge in [-0.15, -0.1) is 0 Å². The quantitative estimate of drug-likeness (QED) is 0.760. The molecule has 2 bridgehead atoms. The van der Waals surface area contributed by atoms with Crippen LogP contribution in [-0.4, -0.2) is 47.0 Å². The van der Waals surface area contributed by atoms with Crippen LogP contribution in [0.4, 0.5) is 5.69 Å². The molecule has 0 unspecified atom stereocenters. The number of pyridine rings is 1. The number of nitrogens with zero attached hydrogens (tertiary/aromatic N) is 2. The molecule has 6 heteroatoms. The second-order valence-corrected chi connectivity index (χ2v) is 9.08. The number of aryl methyl sites for hydroxylation is 1. The molecule has 1 saturated heterocycles. The minimum Gasteiger partial charge on any atom is -0.321 e. The average molecular weight is 412 g/mol. The van der Waals surface area contributed by atoms with Crippen molar-refractivity contribution in [2.24, 2.45) is 5.92 Å². The molecule has 2 aliphatic heterocycles. The predicted octanol–water partition coefficient (Wildman–Crippen LogP) is 3.20. The SMILES string of the molecule is CSCC(=O)Nc1ccc2n(c1=O)C[C@@H]1C[C@@H]2CN(CCCc2ccccc2)C1. The monoisotopic (exact) mass is 411 g/mol. The van der Waals surface area contributed by atoms with Gasteiger partial charge in [0.1, 0.15) is 5.69 Å². The fourth-order valence-electron chi connectivity index (χ4n) is 4.79. The summed E-state index contributed by atoms with van der Waals surface area (Å²) in [5, 5.41) is 2.78. The van der Waals surface area contributed by atoms with Crippen molar-refractivity contribution in [3.05, 3.63) is 64.1 Å². The van der Waals surface area contributed by atoms with Gasteiger partial charge < -0.3 is 14.8 Å². The Balaban J connectivity index is 1.41. The summed E-state index contributed by atoms with van der Waals surface area (Å²) < 4.78 is 1.91. The van der Waals surface area contributed by atoms with Gasteiger partial charge in [0, 0.05) is 31.2 Å². The van der Waals surface area contributed by atoms with Gasteiger partial charge in [-0.05, 0) is 55.7 Å². The molecule has 1 aromatic carbocycles. The Kier molecular flexibility index (Phi) is 6.40. The highest BCUT2D eigenvalue weighted by Crippen LogP contribution is 2.35. The lowest BCUT2D eigenvalue weighted by Crippen LogP contribution is -2.47. The third kappa shape index (κ3) is 4.75. The van der Waals surface area contributed by atoms with Crippen LogP contribution in [0, 0.1) is 5.92 Å². The van der Waals surface area contributed by atoms with Crippen LogP contribution >= 0.6 is 11.8 Å². The molecule has 29 heavy (non-hydrogen) atoms. The summed E-state index contributed by atoms with van der Waals surface area (Å²) in [5.41, 5.74) is 2.89. The predicted molar refractivity (Wildman–Crippen MR) is 120 cm³/mol. The summed E-state index contributed by atoms with van der Waals surface area (Å²) in [7, 11) is 0. The molecule has 154 valence electrons. The van der Waals surface area contributed by atoms with Crippen LogP contribution in [0.3, 0.4) is 0 Å². The van der Waals surface area contributed by atoms with Gasteiger partial charge in [-0.1, -0.05) is 30.3 Å². The molecule has 0 saturated carbocycles. The van der Waals surface area contributed by atoms with E-state index in [1.807, 2.05) is 16.9 Å². The van der Waals surface area contributed by atoms with E-state index in [4.69, 9.17) is 0 Å². The van der Waals surface area contributed by atoms with Crippen LogP contribution in [0.15, 0.2) is 47.3 Å². The van der Waals surface area contributed by atoms with Crippen LogP contribution in [0.25, 0.3) is 0 Å². The summed E-state index contributed by atoms with van der Waals surface area (Å²) in [6.07, 6.45) is 5.32. The summed E-state index contributed by atoms with van der Waals surface area (Å²) >= 11 is 1.46. The van der Waals surface area contributed by atoms with E-state index in [1.165, 1.54) is 17.3 Å². The number of rotatable bonds is 7. The topological polar surface area (TPSA) is 54.3 Å². The van der Waals surface area contributed by atoms with Crippen molar-refractivity contribution in [3.8, 4) is 0 Å². The second kappa shape index (κ2) is 9.18. The minimum atomic E-state index is -0.115. The van der Waals surface area contributed by atoms with Crippen LogP contribution in [-0.2, 0) is 17.8 Å². The second-order valence-electron chi connectivity index (χ2n) is 8.22. The number of likely N-dealkylation sites (tertiary alicyclic amines) is 1. The van der Waals surface area contributed by atoms with E-state index >= 15 is 0 Å². The van der Waals surface area contributed by atoms with Crippen molar-refractivity contribution in [2.45, 2.75) is 31.7 Å². The van der Waals surface area contributed by atoms with Crippen LogP contribution in [0.2, 0.25) is 0 Å². The number of aromatic nitrogens is 1. The summed E-state index contributed by atoms with van der Waals surface area (Å²) in [6, 6.07) is 14.5. The highest BCUT2D eigenvalue weighted by molar-refractivity contribution is 7.99. The van der Waals surface area contributed by atoms with E-state index in [0.29, 0.717) is 23.3 Å². The fourth-order valence-corrected chi connectivity index (χ4v) is 5.13. The van der Waals surface area contributed by atoms with E-state index in [0.717, 1.165) is 51.1 Å². The Morgan fingerprint density at radius 2 is 1.97 bits per heavy atom. The lowest BCUT2D eigenvalue weighted by Gasteiger charge is -2.43. The van der Waals surface area contributed by atoms with Crippen molar-refractivity contribution in [2.75, 3.05) is 37.0 Å². The molecular formula is C23H29N3O2S. The van der Waals surface area contributed by atoms with E-state index in [-0.39, 0.29) is 11.5 Å². The van der Waals surface area contributed by atoms with E-state index in [9.17, 15) is 9.59 Å². The average Bonchev–Trinajstić information content (AvgIpc) is 2.71. The number of nitrogens with one attached hydrogen (secondary N) is 1. The summed E-state index contributed by atoms with van der Waals surface area (Å²) in [4.78, 5) is 27.4. The lowest BCUT2D eigenvalue weighted by molar-refractivity contribution is -0.113. The fraction of sp³-hybridized carbons (Fsp3) is 0.478. The van der Waals surface area contributed by atoms with Crippen LogP contribution in [0.1, 0.15) is 30.0 Å². The van der Waals surface area contributed by atoms with Gasteiger partial charge in [-0.3, -0.25) is 9.59 Å². The molecule has 2 atom stereocenters. The van der Waals surface area contributed by atoms with E-state index in [1.54, 1.807) is 6.07 Å². The standard InChI is InChI=1S/C23H29N3O2S/c1-29-16-22(27)24-20-9-10-21-19-12-18(14-26(21)23(20)28)13-25(15-19)11-5-8-17-6-3-2-4-7-17/h2-4,6-7,9-10,18-19H,5,8,11-16H2,1H3,(H,24,27)/t18-,19-/m1/s1. The van der Waals surface area contributed by atoms with Gasteiger partial charge in [0.25, 0.3) is 5.56 Å². The number of fused-ring (bicyclic) bond motifs is 4. The smallest absolute Gasteiger partial charge is 0.274 e. The highest BCUT2D eigenvalue weighted by Gasteiger charge is 2.34. The maximum absolute atomic E-state index is 12.9. The van der Waals surface area contributed by atoms with Crippen molar-refractivity contribution in [1.29, 1.82) is 0 Å². The molecule has 0 radical (unpaired) electrons. The number of hydrogen-bond acceptors (Lipinski definition) is 4. The van der Waals surface area contributed by atoms with E-state index in [2.05, 4.69) is 40.5 Å². The Hall–Kier alpha value is -2.05. The summed E-state index contributed by atoms with van der Waals surface area (Å²) in [5.74, 6) is 1.16. The molecule has 3 heterocycles. The number of amides is 1. The number of carbonyl (C=O) groups excluding carboxylic acids is 1. The Bertz CT molecular complexity index is 912. The first kappa shape index (κ1) is 20.2. The van der Waals surface area contributed by atoms with Crippen molar-refractivity contribution >= 4 is 23.4 Å². The number of thioether (sulfide) groups is 1. The van der Waals surface area contributed by atoms with Gasteiger partial charge in [0.15, 0.2) is 0 Å². The van der Waals surface area contributed by atoms with E-state index < -0.39 is 0 Å². The Morgan fingerprint density at radius 3 is 2.76 bits per heavy atom. The van der Waals surface area contributed by atoms with Crippen LogP contribution < -0.4 is 10.9 Å². The third-order valence-electron chi connectivity index (χ3n) is 6.01. The largest absolute Gasteiger partial charge is 0.321 e. The first-order valence-corrected chi connectivity index (χ1v) is 11.8. The summed E-state index contributed by atoms with van der Waals surface area (Å²) in [6.45, 7) is 3.93. The van der Waals surface area contributed by atoms with Crippen molar-refractivity contribution in [3.63, 3.8) is 0 Å². The third-order valence-corrected chi connectivity index (χ3v) is 6.56. The first-order valence-electron chi connectivity index (χ1n) is 10.4. The zero-order valence-electron chi connectivity index (χ0n) is 17.0. The molecule has 0 aliphatic carbocycles. The Labute approximate surface area is 176 Å². The molecule has 1 N–H and O–H groups in total. The van der Waals surface area contributed by atoms with Gasteiger partial charge in [-0.2, -0.15) is 11.8 Å². The Morgan fingerprint density at radius 1 is 1.14 bits per heavy atom. The molecule has 5 nitrogen and oxygen atoms in total. The van der Waals surface area contributed by atoms with Gasteiger partial charge >= 0.3 is 0 Å². The maximum Gasteiger partial charge on any atom is 0.274 e. The molecule has 2 aromatic rings. The highest BCUT2D eigenvalue weighted by atomic mass is 32.2. The van der Waals surface area contributed by atoms with Crippen LogP contribution in [0.5, 0.6) is 0 Å². The molecular weight excluding hydrogens is 382 g/mol. The number of benzene rings is 1. The number of anilines is 1. The molecule has 2 aliphatic rings. The molecule has 1 amide bonds. The van der Waals surface area contributed by atoms with Crippen molar-refractivity contribution < 1.29 is 4.79 Å². The zero-order chi connectivity index (χ0) is 20.2. The number of carbonyl (C=O) groups is 1.